The molecule has 0 spiro atoms. The predicted octanol–water partition coefficient (Wildman–Crippen LogP) is 1.68. The molecule has 3 aliphatic rings. The summed E-state index contributed by atoms with van der Waals surface area (Å²) in [5, 5.41) is 3.12. The molecule has 4 rings (SSSR count). The number of nitrogens with one attached hydrogen (secondary N) is 1. The van der Waals surface area contributed by atoms with Gasteiger partial charge in [0.25, 0.3) is 0 Å². The predicted molar refractivity (Wildman–Crippen MR) is 58.5 cm³/mol. The molecule has 2 heterocycles. The van der Waals surface area contributed by atoms with Crippen molar-refractivity contribution in [3.8, 4) is 0 Å². The molecule has 2 heteroatoms. The lowest BCUT2D eigenvalue weighted by atomic mass is 9.81. The lowest BCUT2D eigenvalue weighted by molar-refractivity contribution is -0.127. The number of hydrogen-bond donors (Lipinski definition) is 1. The van der Waals surface area contributed by atoms with Crippen molar-refractivity contribution >= 4 is 5.91 Å². The van der Waals surface area contributed by atoms with Crippen molar-refractivity contribution in [1.82, 2.24) is 5.32 Å². The van der Waals surface area contributed by atoms with E-state index in [1.54, 1.807) is 0 Å². The molecule has 0 saturated carbocycles. The normalized spacial score (nSPS) is 28.9. The van der Waals surface area contributed by atoms with Crippen LogP contribution in [0.25, 0.3) is 0 Å². The van der Waals surface area contributed by atoms with E-state index >= 15 is 0 Å². The highest BCUT2D eigenvalue weighted by Crippen LogP contribution is 2.27. The van der Waals surface area contributed by atoms with Crippen LogP contribution in [0.1, 0.15) is 24.0 Å². The first kappa shape index (κ1) is 8.96. The van der Waals surface area contributed by atoms with Crippen LogP contribution in [0.5, 0.6) is 0 Å². The summed E-state index contributed by atoms with van der Waals surface area (Å²) >= 11 is 0. The van der Waals surface area contributed by atoms with Gasteiger partial charge in [0.2, 0.25) is 5.91 Å². The Bertz CT molecular complexity index is 399. The second-order valence-corrected chi connectivity index (χ2v) is 4.66. The first-order valence-corrected chi connectivity index (χ1v) is 5.70. The Balaban J connectivity index is 2.02. The van der Waals surface area contributed by atoms with E-state index in [1.165, 1.54) is 11.1 Å². The van der Waals surface area contributed by atoms with Crippen LogP contribution in [-0.4, -0.2) is 11.9 Å². The smallest absolute Gasteiger partial charge is 0.223 e. The second kappa shape index (κ2) is 3.37. The van der Waals surface area contributed by atoms with Gasteiger partial charge < -0.3 is 5.32 Å². The van der Waals surface area contributed by atoms with Crippen LogP contribution in [-0.2, 0) is 17.6 Å². The van der Waals surface area contributed by atoms with Gasteiger partial charge >= 0.3 is 0 Å². The molecule has 1 aromatic rings. The zero-order valence-corrected chi connectivity index (χ0v) is 8.70. The van der Waals surface area contributed by atoms with E-state index in [4.69, 9.17) is 0 Å². The fraction of sp³-hybridized carbons (Fsp3) is 0.462. The topological polar surface area (TPSA) is 29.1 Å². The molecule has 1 aliphatic carbocycles. The highest BCUT2D eigenvalue weighted by Gasteiger charge is 2.31. The van der Waals surface area contributed by atoms with Gasteiger partial charge in [-0.05, 0) is 36.8 Å². The summed E-state index contributed by atoms with van der Waals surface area (Å²) in [6.45, 7) is 0. The van der Waals surface area contributed by atoms with Crippen LogP contribution in [0.3, 0.4) is 0 Å². The summed E-state index contributed by atoms with van der Waals surface area (Å²) in [4.78, 5) is 11.7. The van der Waals surface area contributed by atoms with Crippen LogP contribution in [0.15, 0.2) is 24.3 Å². The molecule has 1 N–H and O–H groups in total. The van der Waals surface area contributed by atoms with Crippen molar-refractivity contribution < 1.29 is 4.79 Å². The van der Waals surface area contributed by atoms with E-state index in [9.17, 15) is 4.79 Å². The van der Waals surface area contributed by atoms with Crippen molar-refractivity contribution in [2.75, 3.05) is 0 Å². The monoisotopic (exact) mass is 201 g/mol. The van der Waals surface area contributed by atoms with Gasteiger partial charge in [0, 0.05) is 12.0 Å². The van der Waals surface area contributed by atoms with Gasteiger partial charge in [-0.2, -0.15) is 0 Å². The summed E-state index contributed by atoms with van der Waals surface area (Å²) in [7, 11) is 0. The van der Waals surface area contributed by atoms with Gasteiger partial charge in [0.15, 0.2) is 0 Å². The Kier molecular flexibility index (Phi) is 2.01. The Labute approximate surface area is 89.7 Å². The molecule has 2 aliphatic heterocycles. The fourth-order valence-corrected chi connectivity index (χ4v) is 2.76. The number of piperidine rings is 1. The van der Waals surface area contributed by atoms with Crippen LogP contribution in [0.4, 0.5) is 0 Å². The second-order valence-electron chi connectivity index (χ2n) is 4.66. The molecule has 0 aromatic heterocycles. The molecule has 0 radical (unpaired) electrons. The minimum Gasteiger partial charge on any atom is -0.353 e. The number of carbonyl (C=O) groups excluding carboxylic acids is 1. The van der Waals surface area contributed by atoms with E-state index in [-0.39, 0.29) is 11.8 Å². The maximum Gasteiger partial charge on any atom is 0.223 e. The summed E-state index contributed by atoms with van der Waals surface area (Å²) in [5.74, 6) is 0.475. The molecule has 1 aromatic carbocycles. The fourth-order valence-electron chi connectivity index (χ4n) is 2.76. The summed E-state index contributed by atoms with van der Waals surface area (Å²) < 4.78 is 0. The zero-order chi connectivity index (χ0) is 10.3. The Morgan fingerprint density at radius 1 is 1.07 bits per heavy atom. The van der Waals surface area contributed by atoms with E-state index < -0.39 is 0 Å². The number of carbonyl (C=O) groups is 1. The van der Waals surface area contributed by atoms with Crippen LogP contribution >= 0.6 is 0 Å². The van der Waals surface area contributed by atoms with Crippen LogP contribution < -0.4 is 5.32 Å². The van der Waals surface area contributed by atoms with Gasteiger partial charge in [-0.25, -0.2) is 0 Å². The standard InChI is InChI=1S/C13H15NO/c15-13-11-5-6-12(14-13)8-10-4-2-1-3-9(10)7-11/h1-4,11-12H,5-8H2,(H,14,15)/t11-,12+/m0/s1. The summed E-state index contributed by atoms with van der Waals surface area (Å²) in [6.07, 6.45) is 4.14. The molecule has 78 valence electrons. The largest absolute Gasteiger partial charge is 0.353 e. The minimum absolute atomic E-state index is 0.211. The Morgan fingerprint density at radius 2 is 1.80 bits per heavy atom. The Morgan fingerprint density at radius 3 is 2.53 bits per heavy atom. The SMILES string of the molecule is O=C1N[C@@H]2CC[C@H]1Cc1ccccc1C2. The molecule has 15 heavy (non-hydrogen) atoms. The van der Waals surface area contributed by atoms with Gasteiger partial charge in [-0.1, -0.05) is 24.3 Å². The summed E-state index contributed by atoms with van der Waals surface area (Å²) in [5.41, 5.74) is 2.80. The first-order chi connectivity index (χ1) is 7.33. The molecule has 1 saturated heterocycles. The Hall–Kier alpha value is -1.31. The van der Waals surface area contributed by atoms with Crippen molar-refractivity contribution in [3.63, 3.8) is 0 Å². The lowest BCUT2D eigenvalue weighted by Crippen LogP contribution is -2.47. The van der Waals surface area contributed by atoms with E-state index in [1.807, 2.05) is 0 Å². The van der Waals surface area contributed by atoms with E-state index in [2.05, 4.69) is 29.6 Å². The quantitative estimate of drug-likeness (QED) is 0.680. The van der Waals surface area contributed by atoms with Crippen LogP contribution in [0, 0.1) is 5.92 Å². The van der Waals surface area contributed by atoms with Crippen molar-refractivity contribution in [2.45, 2.75) is 31.7 Å². The molecule has 2 bridgehead atoms. The highest BCUT2D eigenvalue weighted by molar-refractivity contribution is 5.80. The van der Waals surface area contributed by atoms with Gasteiger partial charge in [-0.3, -0.25) is 4.79 Å². The maximum absolute atomic E-state index is 11.7. The lowest BCUT2D eigenvalue weighted by Gasteiger charge is -2.33. The minimum atomic E-state index is 0.211. The first-order valence-electron chi connectivity index (χ1n) is 5.70. The molecule has 2 nitrogen and oxygen atoms in total. The van der Waals surface area contributed by atoms with Gasteiger partial charge in [0.1, 0.15) is 0 Å². The molecule has 1 fully saturated rings. The zero-order valence-electron chi connectivity index (χ0n) is 8.70. The molecule has 0 unspecified atom stereocenters. The van der Waals surface area contributed by atoms with Crippen molar-refractivity contribution in [3.05, 3.63) is 35.4 Å². The van der Waals surface area contributed by atoms with Crippen LogP contribution in [0.2, 0.25) is 0 Å². The average Bonchev–Trinajstić information content (AvgIpc) is 2.20. The molecular weight excluding hydrogens is 186 g/mol. The molecular formula is C13H15NO. The molecule has 1 amide bonds. The average molecular weight is 201 g/mol. The van der Waals surface area contributed by atoms with Gasteiger partial charge in [-0.15, -0.1) is 0 Å². The highest BCUT2D eigenvalue weighted by atomic mass is 16.2. The summed E-state index contributed by atoms with van der Waals surface area (Å²) in [6, 6.07) is 8.91. The third kappa shape index (κ3) is 1.54. The number of fused-ring (bicyclic) bond motifs is 2. The number of rotatable bonds is 0. The van der Waals surface area contributed by atoms with E-state index in [0.29, 0.717) is 6.04 Å². The number of benzene rings is 1. The maximum atomic E-state index is 11.7. The number of hydrogen-bond acceptors (Lipinski definition) is 1. The third-order valence-electron chi connectivity index (χ3n) is 3.63. The third-order valence-corrected chi connectivity index (χ3v) is 3.63. The van der Waals surface area contributed by atoms with E-state index in [0.717, 1.165) is 25.7 Å². The van der Waals surface area contributed by atoms with Crippen molar-refractivity contribution in [2.24, 2.45) is 5.92 Å². The number of amides is 1. The van der Waals surface area contributed by atoms with Crippen molar-refractivity contribution in [1.29, 1.82) is 0 Å². The van der Waals surface area contributed by atoms with Gasteiger partial charge in [0.05, 0.1) is 0 Å². The molecule has 2 atom stereocenters.